The molecule has 2 aliphatic rings. The predicted octanol–water partition coefficient (Wildman–Crippen LogP) is 1.24. The Morgan fingerprint density at radius 3 is 2.25 bits per heavy atom. The molecular weight excluding hydrogens is 310 g/mol. The molecule has 1 saturated heterocycles. The van der Waals surface area contributed by atoms with E-state index >= 15 is 0 Å². The van der Waals surface area contributed by atoms with Crippen molar-refractivity contribution in [3.05, 3.63) is 0 Å². The lowest BCUT2D eigenvalue weighted by Gasteiger charge is -2.34. The molecule has 1 atom stereocenters. The van der Waals surface area contributed by atoms with E-state index in [4.69, 9.17) is 16.6 Å². The van der Waals surface area contributed by atoms with Crippen molar-refractivity contribution < 1.29 is 19.5 Å². The van der Waals surface area contributed by atoms with Gasteiger partial charge in [0, 0.05) is 13.0 Å². The number of carbonyl (C=O) groups excluding carboxylic acids is 2. The van der Waals surface area contributed by atoms with Crippen LogP contribution in [0.5, 0.6) is 0 Å². The van der Waals surface area contributed by atoms with Gasteiger partial charge in [-0.05, 0) is 37.6 Å². The first-order valence-corrected chi connectivity index (χ1v) is 8.86. The molecule has 0 aromatic rings. The Morgan fingerprint density at radius 1 is 1.25 bits per heavy atom. The van der Waals surface area contributed by atoms with Crippen LogP contribution in [0.4, 0.5) is 0 Å². The van der Waals surface area contributed by atoms with Crippen molar-refractivity contribution >= 4 is 17.8 Å². The van der Waals surface area contributed by atoms with E-state index in [1.165, 1.54) is 6.42 Å². The van der Waals surface area contributed by atoms with Crippen LogP contribution in [0.2, 0.25) is 0 Å². The zero-order valence-corrected chi connectivity index (χ0v) is 14.6. The second-order valence-electron chi connectivity index (χ2n) is 6.85. The number of rotatable bonds is 6. The minimum Gasteiger partial charge on any atom is -0.481 e. The quantitative estimate of drug-likeness (QED) is 0.670. The molecule has 1 saturated carbocycles. The van der Waals surface area contributed by atoms with E-state index in [-0.39, 0.29) is 23.8 Å². The van der Waals surface area contributed by atoms with Crippen molar-refractivity contribution in [3.63, 3.8) is 0 Å². The molecule has 138 valence electrons. The molecule has 24 heavy (non-hydrogen) atoms. The van der Waals surface area contributed by atoms with Crippen molar-refractivity contribution in [1.29, 1.82) is 0 Å². The number of hydrogen-bond acceptors (Lipinski definition) is 4. The number of nitrogens with zero attached hydrogens (tertiary/aromatic N) is 1. The highest BCUT2D eigenvalue weighted by molar-refractivity contribution is 5.87. The number of carboxylic acids is 1. The zero-order chi connectivity index (χ0) is 18.2. The van der Waals surface area contributed by atoms with E-state index in [2.05, 4.69) is 0 Å². The summed E-state index contributed by atoms with van der Waals surface area (Å²) >= 11 is 0. The van der Waals surface area contributed by atoms with Crippen LogP contribution >= 0.6 is 0 Å². The van der Waals surface area contributed by atoms with Gasteiger partial charge in [0.05, 0.1) is 6.42 Å². The maximum atomic E-state index is 11.2. The van der Waals surface area contributed by atoms with Gasteiger partial charge in [-0.2, -0.15) is 0 Å². The third kappa shape index (κ3) is 5.78. The van der Waals surface area contributed by atoms with E-state index < -0.39 is 11.9 Å². The molecule has 1 heterocycles. The van der Waals surface area contributed by atoms with Crippen LogP contribution in [0.25, 0.3) is 0 Å². The number of carbonyl (C=O) groups is 3. The molecule has 2 rings (SSSR count). The molecule has 1 aliphatic carbocycles. The lowest BCUT2D eigenvalue weighted by molar-refractivity contribution is -0.140. The van der Waals surface area contributed by atoms with E-state index in [0.717, 1.165) is 32.1 Å². The van der Waals surface area contributed by atoms with Crippen LogP contribution in [-0.2, 0) is 14.4 Å². The highest BCUT2D eigenvalue weighted by Crippen LogP contribution is 2.38. The monoisotopic (exact) mass is 341 g/mol. The zero-order valence-electron chi connectivity index (χ0n) is 14.6. The molecule has 7 nitrogen and oxygen atoms in total. The summed E-state index contributed by atoms with van der Waals surface area (Å²) in [5.41, 5.74) is 10.7. The summed E-state index contributed by atoms with van der Waals surface area (Å²) in [7, 11) is 0. The first-order chi connectivity index (χ1) is 11.3. The van der Waals surface area contributed by atoms with Crippen molar-refractivity contribution in [1.82, 2.24) is 4.90 Å². The Hall–Kier alpha value is -1.63. The van der Waals surface area contributed by atoms with Gasteiger partial charge in [0.25, 0.3) is 0 Å². The fourth-order valence-corrected chi connectivity index (χ4v) is 3.65. The smallest absolute Gasteiger partial charge is 0.303 e. The van der Waals surface area contributed by atoms with Gasteiger partial charge >= 0.3 is 5.97 Å². The van der Waals surface area contributed by atoms with Crippen LogP contribution in [0.15, 0.2) is 0 Å². The summed E-state index contributed by atoms with van der Waals surface area (Å²) in [5, 5.41) is 8.71. The number of primary amides is 1. The Labute approximate surface area is 143 Å². The summed E-state index contributed by atoms with van der Waals surface area (Å²) < 4.78 is 0. The van der Waals surface area contributed by atoms with Gasteiger partial charge < -0.3 is 21.5 Å². The largest absolute Gasteiger partial charge is 0.481 e. The van der Waals surface area contributed by atoms with Crippen LogP contribution in [0.1, 0.15) is 64.7 Å². The Balaban J connectivity index is 0.000000240. The number of amides is 2. The molecule has 0 unspecified atom stereocenters. The number of hydrogen-bond donors (Lipinski definition) is 3. The minimum atomic E-state index is -0.706. The molecular formula is C17H31N3O4. The summed E-state index contributed by atoms with van der Waals surface area (Å²) in [6.45, 7) is 3.07. The highest BCUT2D eigenvalue weighted by Gasteiger charge is 2.32. The molecule has 2 fully saturated rings. The van der Waals surface area contributed by atoms with Crippen LogP contribution < -0.4 is 11.5 Å². The highest BCUT2D eigenvalue weighted by atomic mass is 16.4. The SMILES string of the molecule is CC[C@@H](C(N)=O)N1CCCC1=O.NCC1(CC(=O)O)CCCCC1. The number of carboxylic acid groups (broad SMARTS) is 1. The molecule has 0 bridgehead atoms. The molecule has 0 aromatic carbocycles. The number of likely N-dealkylation sites (tertiary alicyclic amines) is 1. The van der Waals surface area contributed by atoms with Crippen molar-refractivity contribution in [2.45, 2.75) is 70.8 Å². The average Bonchev–Trinajstić information content (AvgIpc) is 2.95. The minimum absolute atomic E-state index is 0.0562. The third-order valence-corrected chi connectivity index (χ3v) is 5.07. The Kier molecular flexibility index (Phi) is 8.18. The van der Waals surface area contributed by atoms with Gasteiger partial charge in [-0.25, -0.2) is 0 Å². The molecule has 1 aliphatic heterocycles. The maximum absolute atomic E-state index is 11.2. The topological polar surface area (TPSA) is 127 Å². The Morgan fingerprint density at radius 2 is 1.88 bits per heavy atom. The van der Waals surface area contributed by atoms with Gasteiger partial charge in [-0.15, -0.1) is 0 Å². The van der Waals surface area contributed by atoms with E-state index in [1.54, 1.807) is 4.90 Å². The maximum Gasteiger partial charge on any atom is 0.303 e. The van der Waals surface area contributed by atoms with Crippen molar-refractivity contribution in [3.8, 4) is 0 Å². The van der Waals surface area contributed by atoms with Gasteiger partial charge in [0.15, 0.2) is 0 Å². The summed E-state index contributed by atoms with van der Waals surface area (Å²) in [5.74, 6) is -1.05. The van der Waals surface area contributed by atoms with Crippen LogP contribution in [0, 0.1) is 5.41 Å². The van der Waals surface area contributed by atoms with Crippen molar-refractivity contribution in [2.75, 3.05) is 13.1 Å². The van der Waals surface area contributed by atoms with E-state index in [1.807, 2.05) is 6.92 Å². The second-order valence-corrected chi connectivity index (χ2v) is 6.85. The second kappa shape index (κ2) is 9.61. The molecule has 2 amide bonds. The molecule has 7 heteroatoms. The standard InChI is InChI=1S/C9H17NO2.C8H14N2O2/c10-7-9(6-8(11)12)4-2-1-3-5-9;1-2-6(8(9)12)10-5-3-4-7(10)11/h1-7,10H2,(H,11,12);6H,2-5H2,1H3,(H2,9,12)/t;6-/m.0/s1. The van der Waals surface area contributed by atoms with Crippen LogP contribution in [-0.4, -0.2) is 46.9 Å². The molecule has 0 radical (unpaired) electrons. The number of aliphatic carboxylic acids is 1. The first-order valence-electron chi connectivity index (χ1n) is 8.86. The lowest BCUT2D eigenvalue weighted by atomic mass is 9.72. The van der Waals surface area contributed by atoms with E-state index in [0.29, 0.717) is 25.9 Å². The number of nitrogens with two attached hydrogens (primary N) is 2. The third-order valence-electron chi connectivity index (χ3n) is 5.07. The van der Waals surface area contributed by atoms with E-state index in [9.17, 15) is 14.4 Å². The van der Waals surface area contributed by atoms with Gasteiger partial charge in [-0.1, -0.05) is 26.2 Å². The molecule has 5 N–H and O–H groups in total. The first kappa shape index (κ1) is 20.4. The van der Waals surface area contributed by atoms with Gasteiger partial charge in [0.2, 0.25) is 11.8 Å². The predicted molar refractivity (Wildman–Crippen MR) is 91.0 cm³/mol. The summed E-state index contributed by atoms with van der Waals surface area (Å²) in [6.07, 6.45) is 7.79. The lowest BCUT2D eigenvalue weighted by Crippen LogP contribution is -2.44. The van der Waals surface area contributed by atoms with Crippen LogP contribution in [0.3, 0.4) is 0 Å². The van der Waals surface area contributed by atoms with Crippen molar-refractivity contribution in [2.24, 2.45) is 16.9 Å². The fraction of sp³-hybridized carbons (Fsp3) is 0.824. The molecule has 0 spiro atoms. The summed E-state index contributed by atoms with van der Waals surface area (Å²) in [6, 6.07) is -0.389. The fourth-order valence-electron chi connectivity index (χ4n) is 3.65. The average molecular weight is 341 g/mol. The molecule has 0 aromatic heterocycles. The van der Waals surface area contributed by atoms with Gasteiger partial charge in [0.1, 0.15) is 6.04 Å². The van der Waals surface area contributed by atoms with Gasteiger partial charge in [-0.3, -0.25) is 14.4 Å². The normalized spacial score (nSPS) is 20.9. The Bertz CT molecular complexity index is 447. The summed E-state index contributed by atoms with van der Waals surface area (Å²) in [4.78, 5) is 34.3.